The Morgan fingerprint density at radius 2 is 0.851 bits per heavy atom. The van der Waals surface area contributed by atoms with Gasteiger partial charge in [-0.05, 0) is 83.9 Å². The summed E-state index contributed by atoms with van der Waals surface area (Å²) in [5.74, 6) is -2.55. The molecule has 47 heavy (non-hydrogen) atoms. The third-order valence-electron chi connectivity index (χ3n) is 7.67. The predicted octanol–water partition coefficient (Wildman–Crippen LogP) is 5.76. The van der Waals surface area contributed by atoms with Gasteiger partial charge in [0.2, 0.25) is 9.84 Å². The lowest BCUT2D eigenvalue weighted by molar-refractivity contribution is -0.255. The maximum atomic E-state index is 12.3. The van der Waals surface area contributed by atoms with E-state index in [0.717, 1.165) is 30.4 Å². The molecule has 0 unspecified atom stereocenters. The maximum Gasteiger partial charge on any atom is 0.335 e. The Morgan fingerprint density at radius 1 is 0.511 bits per heavy atom. The fourth-order valence-corrected chi connectivity index (χ4v) is 10.8. The first-order valence-electron chi connectivity index (χ1n) is 14.7. The van der Waals surface area contributed by atoms with Crippen LogP contribution < -0.4 is 21.0 Å². The van der Waals surface area contributed by atoms with Crippen molar-refractivity contribution >= 4 is 45.0 Å². The van der Waals surface area contributed by atoms with Crippen LogP contribution in [-0.4, -0.2) is 25.5 Å². The molecule has 0 saturated carbocycles. The molecule has 0 saturated heterocycles. The summed E-state index contributed by atoms with van der Waals surface area (Å²) in [7, 11) is -5.61. The molecule has 1 N–H and O–H groups in total. The highest BCUT2D eigenvalue weighted by Gasteiger charge is 2.45. The van der Waals surface area contributed by atoms with Crippen molar-refractivity contribution < 1.29 is 28.2 Å². The molecule has 0 fully saturated rings. The molecule has 6 aromatic carbocycles. The molecular formula is C39H31O6PS. The molecule has 6 rings (SSSR count). The number of sulfone groups is 1. The van der Waals surface area contributed by atoms with Crippen LogP contribution in [-0.2, 0) is 16.0 Å². The van der Waals surface area contributed by atoms with Crippen LogP contribution in [0.15, 0.2) is 180 Å². The second-order valence-corrected chi connectivity index (χ2v) is 16.0. The number of rotatable bonds is 9. The molecule has 0 spiro atoms. The van der Waals surface area contributed by atoms with Gasteiger partial charge in [0, 0.05) is 0 Å². The first kappa shape index (κ1) is 33.0. The van der Waals surface area contributed by atoms with E-state index < -0.39 is 29.0 Å². The lowest BCUT2D eigenvalue weighted by Gasteiger charge is -2.27. The summed E-state index contributed by atoms with van der Waals surface area (Å²) in [4.78, 5) is 21.2. The Bertz CT molecular complexity index is 1870. The zero-order chi connectivity index (χ0) is 33.3. The van der Waals surface area contributed by atoms with E-state index in [1.807, 2.05) is 0 Å². The van der Waals surface area contributed by atoms with E-state index in [2.05, 4.69) is 121 Å². The molecule has 0 bridgehead atoms. The highest BCUT2D eigenvalue weighted by molar-refractivity contribution is 7.95. The number of hydrogen-bond donors (Lipinski definition) is 1. The van der Waals surface area contributed by atoms with Crippen LogP contribution in [0.4, 0.5) is 0 Å². The lowest BCUT2D eigenvalue weighted by atomic mass is 10.2. The normalized spacial score (nSPS) is 11.1. The van der Waals surface area contributed by atoms with Crippen LogP contribution >= 0.6 is 7.26 Å². The van der Waals surface area contributed by atoms with E-state index in [-0.39, 0.29) is 20.9 Å². The van der Waals surface area contributed by atoms with Gasteiger partial charge >= 0.3 is 5.97 Å². The highest BCUT2D eigenvalue weighted by Crippen LogP contribution is 2.58. The van der Waals surface area contributed by atoms with E-state index in [9.17, 15) is 23.1 Å². The molecule has 0 atom stereocenters. The topological polar surface area (TPSA) is 112 Å². The highest BCUT2D eigenvalue weighted by atomic mass is 32.2. The van der Waals surface area contributed by atoms with Crippen molar-refractivity contribution in [3.8, 4) is 0 Å². The number of carbonyl (C=O) groups is 2. The molecule has 0 aliphatic carbocycles. The van der Waals surface area contributed by atoms with Crippen molar-refractivity contribution in [1.82, 2.24) is 0 Å². The van der Waals surface area contributed by atoms with Gasteiger partial charge in [-0.15, -0.1) is 0 Å². The Labute approximate surface area is 274 Å². The second-order valence-electron chi connectivity index (χ2n) is 10.6. The van der Waals surface area contributed by atoms with Crippen LogP contribution in [0.2, 0.25) is 0 Å². The van der Waals surface area contributed by atoms with Crippen LogP contribution in [0.1, 0.15) is 26.3 Å². The van der Waals surface area contributed by atoms with Gasteiger partial charge in [0.15, 0.2) is 0 Å². The van der Waals surface area contributed by atoms with Crippen LogP contribution in [0.25, 0.3) is 0 Å². The number of hydrogen-bond acceptors (Lipinski definition) is 5. The summed E-state index contributed by atoms with van der Waals surface area (Å²) < 4.78 is 24.6. The van der Waals surface area contributed by atoms with Crippen LogP contribution in [0.3, 0.4) is 0 Å². The molecule has 0 radical (unpaired) electrons. The van der Waals surface area contributed by atoms with Crippen molar-refractivity contribution in [2.45, 2.75) is 16.0 Å². The quantitative estimate of drug-likeness (QED) is 0.198. The number of benzene rings is 6. The van der Waals surface area contributed by atoms with Crippen molar-refractivity contribution in [2.75, 3.05) is 0 Å². The zero-order valence-corrected chi connectivity index (χ0v) is 26.9. The Morgan fingerprint density at radius 3 is 1.19 bits per heavy atom. The smallest absolute Gasteiger partial charge is 0.335 e. The molecule has 0 heterocycles. The Hall–Kier alpha value is -5.36. The standard InChI is InChI=1S/C25H22P.C14H10O6S/c1-5-13-22(14-6-1)21-26(23-15-7-2-8-16-23,24-17-9-3-10-18-24)25-19-11-4-12-20-25;15-13(16)9-1-5-11(6-2-9)21(19,20)12-7-3-10(4-8-12)14(17)18/h1-20H,21H2;1-8H,(H,15,16)(H,17,18)/q+1;/p-1. The van der Waals surface area contributed by atoms with Gasteiger partial charge in [0.05, 0.1) is 27.5 Å². The molecule has 0 aromatic heterocycles. The minimum atomic E-state index is -3.83. The monoisotopic (exact) mass is 658 g/mol. The molecule has 0 aliphatic rings. The summed E-state index contributed by atoms with van der Waals surface area (Å²) in [6.07, 6.45) is 1.03. The molecule has 234 valence electrons. The summed E-state index contributed by atoms with van der Waals surface area (Å²) >= 11 is 0. The van der Waals surface area contributed by atoms with Crippen molar-refractivity contribution in [2.24, 2.45) is 0 Å². The number of carboxylic acid groups (broad SMARTS) is 2. The van der Waals surface area contributed by atoms with Crippen molar-refractivity contribution in [3.63, 3.8) is 0 Å². The predicted molar refractivity (Wildman–Crippen MR) is 185 cm³/mol. The first-order valence-corrected chi connectivity index (χ1v) is 18.2. The van der Waals surface area contributed by atoms with E-state index in [1.165, 1.54) is 45.7 Å². The Balaban J connectivity index is 0.000000189. The van der Waals surface area contributed by atoms with Gasteiger partial charge in [0.1, 0.15) is 23.2 Å². The molecule has 6 aromatic rings. The van der Waals surface area contributed by atoms with Crippen molar-refractivity contribution in [1.29, 1.82) is 0 Å². The van der Waals surface area contributed by atoms with Gasteiger partial charge < -0.3 is 15.0 Å². The lowest BCUT2D eigenvalue weighted by Crippen LogP contribution is -2.32. The van der Waals surface area contributed by atoms with Crippen LogP contribution in [0.5, 0.6) is 0 Å². The first-order chi connectivity index (χ1) is 22.7. The maximum absolute atomic E-state index is 12.3. The summed E-state index contributed by atoms with van der Waals surface area (Å²) in [6, 6.07) is 53.4. The minimum Gasteiger partial charge on any atom is -0.545 e. The minimum absolute atomic E-state index is 0.0266. The van der Waals surface area contributed by atoms with E-state index in [4.69, 9.17) is 5.11 Å². The third kappa shape index (κ3) is 7.55. The van der Waals surface area contributed by atoms with Gasteiger partial charge in [-0.2, -0.15) is 0 Å². The number of aromatic carboxylic acids is 2. The number of carboxylic acids is 2. The second kappa shape index (κ2) is 14.8. The molecule has 6 nitrogen and oxygen atoms in total. The summed E-state index contributed by atoms with van der Waals surface area (Å²) in [5.41, 5.74) is 1.23. The molecule has 0 amide bonds. The van der Waals surface area contributed by atoms with Crippen LogP contribution in [0, 0.1) is 0 Å². The number of carbonyl (C=O) groups excluding carboxylic acids is 1. The largest absolute Gasteiger partial charge is 0.545 e. The summed E-state index contributed by atoms with van der Waals surface area (Å²) in [6.45, 7) is 0. The fourth-order valence-electron chi connectivity index (χ4n) is 5.31. The zero-order valence-electron chi connectivity index (χ0n) is 25.2. The van der Waals surface area contributed by atoms with Gasteiger partial charge in [-0.3, -0.25) is 0 Å². The van der Waals surface area contributed by atoms with Gasteiger partial charge in [-0.1, -0.05) is 97.1 Å². The van der Waals surface area contributed by atoms with Gasteiger partial charge in [0.25, 0.3) is 0 Å². The molecular weight excluding hydrogens is 627 g/mol. The third-order valence-corrected chi connectivity index (χ3v) is 13.8. The molecule has 8 heteroatoms. The van der Waals surface area contributed by atoms with Crippen molar-refractivity contribution in [3.05, 3.63) is 187 Å². The Kier molecular flexibility index (Phi) is 10.4. The van der Waals surface area contributed by atoms with Gasteiger partial charge in [-0.25, -0.2) is 13.2 Å². The molecule has 0 aliphatic heterocycles. The average Bonchev–Trinajstić information content (AvgIpc) is 3.12. The average molecular weight is 659 g/mol. The fraction of sp³-hybridized carbons (Fsp3) is 0.0256. The van der Waals surface area contributed by atoms with E-state index in [1.54, 1.807) is 0 Å². The van der Waals surface area contributed by atoms with E-state index >= 15 is 0 Å². The van der Waals surface area contributed by atoms with E-state index in [0.29, 0.717) is 0 Å². The SMILES string of the molecule is O=C([O-])c1ccc(S(=O)(=O)c2ccc(C(=O)O)cc2)cc1.c1ccc(C[P+](c2ccccc2)(c2ccccc2)c2ccccc2)cc1. The summed E-state index contributed by atoms with van der Waals surface area (Å²) in [5, 5.41) is 23.7.